The minimum Gasteiger partial charge on any atom is -0.356 e. The van der Waals surface area contributed by atoms with Gasteiger partial charge in [0, 0.05) is 46.2 Å². The fraction of sp³-hybridized carbons (Fsp3) is 0.619. The largest absolute Gasteiger partial charge is 0.356 e. The standard InChI is InChI=1S/C21H30N4O/c1-22-20(24-13-11-21(16-24)9-5-10-21)23-12-4-8-19(26)25-14-17-6-2-3-7-18(17)15-25/h2-3,6-7H,4-5,8-16H2,1H3,(H,22,23). The maximum Gasteiger partial charge on any atom is 0.223 e. The van der Waals surface area contributed by atoms with E-state index in [0.717, 1.165) is 45.1 Å². The Balaban J connectivity index is 1.18. The van der Waals surface area contributed by atoms with E-state index in [2.05, 4.69) is 39.5 Å². The van der Waals surface area contributed by atoms with Crippen molar-refractivity contribution >= 4 is 11.9 Å². The summed E-state index contributed by atoms with van der Waals surface area (Å²) in [7, 11) is 1.86. The molecule has 0 unspecified atom stereocenters. The second-order valence-electron chi connectivity index (χ2n) is 8.12. The van der Waals surface area contributed by atoms with Crippen LogP contribution in [0.1, 0.15) is 49.7 Å². The SMILES string of the molecule is CN=C(NCCCC(=O)N1Cc2ccccc2C1)N1CCC2(CCC2)C1. The second-order valence-corrected chi connectivity index (χ2v) is 8.12. The Hall–Kier alpha value is -2.04. The van der Waals surface area contributed by atoms with Crippen LogP contribution in [0.4, 0.5) is 0 Å². The van der Waals surface area contributed by atoms with Crippen molar-refractivity contribution in [2.75, 3.05) is 26.7 Å². The highest BCUT2D eigenvalue weighted by atomic mass is 16.2. The predicted octanol–water partition coefficient (Wildman–Crippen LogP) is 2.76. The maximum absolute atomic E-state index is 12.5. The first-order valence-corrected chi connectivity index (χ1v) is 9.99. The van der Waals surface area contributed by atoms with Gasteiger partial charge >= 0.3 is 0 Å². The number of hydrogen-bond acceptors (Lipinski definition) is 2. The van der Waals surface area contributed by atoms with Crippen LogP contribution in [0.25, 0.3) is 0 Å². The van der Waals surface area contributed by atoms with Gasteiger partial charge in [-0.2, -0.15) is 0 Å². The molecule has 1 aromatic carbocycles. The molecule has 4 rings (SSSR count). The highest BCUT2D eigenvalue weighted by molar-refractivity contribution is 5.80. The minimum atomic E-state index is 0.257. The van der Waals surface area contributed by atoms with Crippen molar-refractivity contribution in [2.45, 2.75) is 51.6 Å². The van der Waals surface area contributed by atoms with Crippen LogP contribution in [0.2, 0.25) is 0 Å². The van der Waals surface area contributed by atoms with Crippen LogP contribution in [0.5, 0.6) is 0 Å². The monoisotopic (exact) mass is 354 g/mol. The molecule has 1 aliphatic carbocycles. The molecule has 5 heteroatoms. The molecule has 0 atom stereocenters. The lowest BCUT2D eigenvalue weighted by molar-refractivity contribution is -0.131. The Labute approximate surface area is 156 Å². The molecule has 0 bridgehead atoms. The topological polar surface area (TPSA) is 47.9 Å². The molecule has 26 heavy (non-hydrogen) atoms. The Bertz CT molecular complexity index is 670. The number of likely N-dealkylation sites (tertiary alicyclic amines) is 1. The summed E-state index contributed by atoms with van der Waals surface area (Å²) in [4.78, 5) is 21.3. The smallest absolute Gasteiger partial charge is 0.223 e. The van der Waals surface area contributed by atoms with E-state index in [1.807, 2.05) is 11.9 Å². The molecule has 140 valence electrons. The number of aliphatic imine (C=N–C) groups is 1. The van der Waals surface area contributed by atoms with Crippen molar-refractivity contribution in [1.82, 2.24) is 15.1 Å². The summed E-state index contributed by atoms with van der Waals surface area (Å²) < 4.78 is 0. The highest BCUT2D eigenvalue weighted by Gasteiger charge is 2.43. The van der Waals surface area contributed by atoms with Gasteiger partial charge in [0.25, 0.3) is 0 Å². The fourth-order valence-electron chi connectivity index (χ4n) is 4.64. The zero-order valence-corrected chi connectivity index (χ0v) is 15.8. The summed E-state index contributed by atoms with van der Waals surface area (Å²) in [5.41, 5.74) is 3.16. The van der Waals surface area contributed by atoms with E-state index >= 15 is 0 Å². The van der Waals surface area contributed by atoms with Gasteiger partial charge in [-0.05, 0) is 42.2 Å². The molecule has 1 aromatic rings. The molecule has 1 amide bonds. The first-order valence-electron chi connectivity index (χ1n) is 9.99. The van der Waals surface area contributed by atoms with E-state index in [1.165, 1.54) is 36.8 Å². The van der Waals surface area contributed by atoms with E-state index in [1.54, 1.807) is 0 Å². The van der Waals surface area contributed by atoms with Gasteiger partial charge in [-0.3, -0.25) is 9.79 Å². The van der Waals surface area contributed by atoms with E-state index in [0.29, 0.717) is 11.8 Å². The number of guanidine groups is 1. The van der Waals surface area contributed by atoms with Gasteiger partial charge < -0.3 is 15.1 Å². The van der Waals surface area contributed by atoms with Crippen LogP contribution < -0.4 is 5.32 Å². The van der Waals surface area contributed by atoms with Gasteiger partial charge in [0.2, 0.25) is 5.91 Å². The molecular formula is C21H30N4O. The molecule has 0 aromatic heterocycles. The fourth-order valence-corrected chi connectivity index (χ4v) is 4.64. The van der Waals surface area contributed by atoms with Crippen molar-refractivity contribution in [3.05, 3.63) is 35.4 Å². The Morgan fingerprint density at radius 2 is 1.88 bits per heavy atom. The number of hydrogen-bond donors (Lipinski definition) is 1. The molecule has 1 spiro atoms. The second kappa shape index (κ2) is 7.29. The molecule has 2 fully saturated rings. The van der Waals surface area contributed by atoms with Gasteiger partial charge in [0.15, 0.2) is 5.96 Å². The third-order valence-electron chi connectivity index (χ3n) is 6.41. The number of nitrogens with zero attached hydrogens (tertiary/aromatic N) is 3. The normalized spacial score (nSPS) is 21.0. The number of carbonyl (C=O) groups is 1. The van der Waals surface area contributed by atoms with E-state index in [9.17, 15) is 4.79 Å². The summed E-state index contributed by atoms with van der Waals surface area (Å²) in [6.07, 6.45) is 6.91. The third kappa shape index (κ3) is 3.44. The lowest BCUT2D eigenvalue weighted by Gasteiger charge is -2.38. The average Bonchev–Trinajstić information content (AvgIpc) is 3.26. The lowest BCUT2D eigenvalue weighted by Crippen LogP contribution is -2.43. The van der Waals surface area contributed by atoms with Crippen molar-refractivity contribution in [2.24, 2.45) is 10.4 Å². The number of amides is 1. The molecule has 1 N–H and O–H groups in total. The average molecular weight is 354 g/mol. The molecule has 2 heterocycles. The van der Waals surface area contributed by atoms with Gasteiger partial charge in [-0.1, -0.05) is 30.7 Å². The van der Waals surface area contributed by atoms with E-state index in [4.69, 9.17) is 0 Å². The minimum absolute atomic E-state index is 0.257. The van der Waals surface area contributed by atoms with Crippen molar-refractivity contribution < 1.29 is 4.79 Å². The molecule has 1 saturated heterocycles. The van der Waals surface area contributed by atoms with Crippen LogP contribution >= 0.6 is 0 Å². The lowest BCUT2D eigenvalue weighted by atomic mass is 9.68. The number of carbonyl (C=O) groups excluding carboxylic acids is 1. The molecule has 0 radical (unpaired) electrons. The summed E-state index contributed by atoms with van der Waals surface area (Å²) in [5, 5.41) is 3.47. The van der Waals surface area contributed by atoms with Crippen LogP contribution in [-0.4, -0.2) is 48.3 Å². The predicted molar refractivity (Wildman–Crippen MR) is 104 cm³/mol. The molecule has 1 saturated carbocycles. The molecule has 5 nitrogen and oxygen atoms in total. The van der Waals surface area contributed by atoms with Gasteiger partial charge in [0.1, 0.15) is 0 Å². The summed E-state index contributed by atoms with van der Waals surface area (Å²) in [6.45, 7) is 4.60. The highest BCUT2D eigenvalue weighted by Crippen LogP contribution is 2.47. The maximum atomic E-state index is 12.5. The van der Waals surface area contributed by atoms with Crippen molar-refractivity contribution in [1.29, 1.82) is 0 Å². The van der Waals surface area contributed by atoms with Crippen molar-refractivity contribution in [3.63, 3.8) is 0 Å². The Morgan fingerprint density at radius 1 is 1.15 bits per heavy atom. The van der Waals surface area contributed by atoms with Crippen molar-refractivity contribution in [3.8, 4) is 0 Å². The molecule has 3 aliphatic rings. The Morgan fingerprint density at radius 3 is 2.46 bits per heavy atom. The number of benzene rings is 1. The van der Waals surface area contributed by atoms with Gasteiger partial charge in [0.05, 0.1) is 0 Å². The van der Waals surface area contributed by atoms with Crippen LogP contribution in [0.3, 0.4) is 0 Å². The summed E-state index contributed by atoms with van der Waals surface area (Å²) in [5.74, 6) is 1.27. The zero-order valence-electron chi connectivity index (χ0n) is 15.8. The van der Waals surface area contributed by atoms with Crippen LogP contribution in [0.15, 0.2) is 29.3 Å². The number of rotatable bonds is 4. The quantitative estimate of drug-likeness (QED) is 0.514. The van der Waals surface area contributed by atoms with Crippen LogP contribution in [-0.2, 0) is 17.9 Å². The first-order chi connectivity index (χ1) is 12.7. The zero-order chi connectivity index (χ0) is 18.0. The number of fused-ring (bicyclic) bond motifs is 1. The third-order valence-corrected chi connectivity index (χ3v) is 6.41. The molecule has 2 aliphatic heterocycles. The van der Waals surface area contributed by atoms with E-state index in [-0.39, 0.29) is 5.91 Å². The van der Waals surface area contributed by atoms with Gasteiger partial charge in [-0.15, -0.1) is 0 Å². The van der Waals surface area contributed by atoms with Gasteiger partial charge in [-0.25, -0.2) is 0 Å². The molecular weight excluding hydrogens is 324 g/mol. The number of nitrogens with one attached hydrogen (secondary N) is 1. The summed E-state index contributed by atoms with van der Waals surface area (Å²) >= 11 is 0. The van der Waals surface area contributed by atoms with E-state index < -0.39 is 0 Å². The summed E-state index contributed by atoms with van der Waals surface area (Å²) in [6, 6.07) is 8.35. The Kier molecular flexibility index (Phi) is 4.88. The van der Waals surface area contributed by atoms with Crippen LogP contribution in [0, 0.1) is 5.41 Å². The first kappa shape index (κ1) is 17.4.